The van der Waals surface area contributed by atoms with Crippen LogP contribution in [-0.4, -0.2) is 70.4 Å². The Morgan fingerprint density at radius 1 is 1.21 bits per heavy atom. The number of benzene rings is 1. The topological polar surface area (TPSA) is 83.0 Å². The molecular formula is C21H34N4O3S. The zero-order valence-electron chi connectivity index (χ0n) is 17.6. The van der Waals surface area contributed by atoms with Gasteiger partial charge in [0.25, 0.3) is 0 Å². The number of sulfone groups is 1. The Hall–Kier alpha value is -1.80. The molecule has 1 heterocycles. The summed E-state index contributed by atoms with van der Waals surface area (Å²) in [6.45, 7) is 6.12. The highest BCUT2D eigenvalue weighted by Crippen LogP contribution is 2.26. The zero-order valence-corrected chi connectivity index (χ0v) is 18.4. The molecular weight excluding hydrogens is 388 g/mol. The molecule has 1 atom stereocenters. The highest BCUT2D eigenvalue weighted by Gasteiger charge is 2.30. The first-order valence-corrected chi connectivity index (χ1v) is 12.6. The lowest BCUT2D eigenvalue weighted by Gasteiger charge is -2.24. The van der Waals surface area contributed by atoms with Crippen molar-refractivity contribution in [2.75, 3.05) is 39.0 Å². The van der Waals surface area contributed by atoms with Gasteiger partial charge in [-0.1, -0.05) is 12.8 Å². The van der Waals surface area contributed by atoms with Crippen LogP contribution in [0, 0.1) is 0 Å². The highest BCUT2D eigenvalue weighted by atomic mass is 32.2. The predicted molar refractivity (Wildman–Crippen MR) is 116 cm³/mol. The number of nitrogens with zero attached hydrogens (tertiary/aromatic N) is 2. The van der Waals surface area contributed by atoms with E-state index in [-0.39, 0.29) is 0 Å². The maximum atomic E-state index is 11.5. The molecule has 2 fully saturated rings. The average Bonchev–Trinajstić information content (AvgIpc) is 3.36. The molecule has 1 aliphatic carbocycles. The van der Waals surface area contributed by atoms with Gasteiger partial charge >= 0.3 is 0 Å². The summed E-state index contributed by atoms with van der Waals surface area (Å²) in [5.41, 5.74) is 0. The second-order valence-corrected chi connectivity index (χ2v) is 9.93. The van der Waals surface area contributed by atoms with Crippen LogP contribution in [0.25, 0.3) is 0 Å². The van der Waals surface area contributed by atoms with Crippen molar-refractivity contribution in [3.05, 3.63) is 24.3 Å². The second kappa shape index (κ2) is 10.3. The van der Waals surface area contributed by atoms with Gasteiger partial charge in [0.05, 0.1) is 11.4 Å². The van der Waals surface area contributed by atoms with E-state index in [1.807, 2.05) is 0 Å². The molecule has 7 nitrogen and oxygen atoms in total. The van der Waals surface area contributed by atoms with Crippen LogP contribution in [0.15, 0.2) is 34.2 Å². The van der Waals surface area contributed by atoms with Crippen molar-refractivity contribution < 1.29 is 13.2 Å². The number of rotatable bonds is 8. The smallest absolute Gasteiger partial charge is 0.191 e. The molecule has 8 heteroatoms. The van der Waals surface area contributed by atoms with Crippen molar-refractivity contribution in [2.24, 2.45) is 4.99 Å². The molecule has 3 rings (SSSR count). The molecule has 29 heavy (non-hydrogen) atoms. The van der Waals surface area contributed by atoms with Gasteiger partial charge in [0.15, 0.2) is 15.8 Å². The van der Waals surface area contributed by atoms with E-state index >= 15 is 0 Å². The molecule has 162 valence electrons. The molecule has 1 unspecified atom stereocenters. The number of likely N-dealkylation sites (tertiary alicyclic amines) is 1. The maximum Gasteiger partial charge on any atom is 0.191 e. The highest BCUT2D eigenvalue weighted by molar-refractivity contribution is 7.90. The third-order valence-electron chi connectivity index (χ3n) is 5.63. The summed E-state index contributed by atoms with van der Waals surface area (Å²) < 4.78 is 28.7. The summed E-state index contributed by atoms with van der Waals surface area (Å²) in [5, 5.41) is 6.88. The van der Waals surface area contributed by atoms with E-state index in [1.165, 1.54) is 38.5 Å². The van der Waals surface area contributed by atoms with E-state index in [0.717, 1.165) is 31.5 Å². The minimum atomic E-state index is -3.18. The molecule has 1 aromatic rings. The molecule has 2 N–H and O–H groups in total. The monoisotopic (exact) mass is 422 g/mol. The van der Waals surface area contributed by atoms with Gasteiger partial charge < -0.3 is 15.4 Å². The van der Waals surface area contributed by atoms with E-state index in [0.29, 0.717) is 29.8 Å². The standard InChI is InChI=1S/C21H34N4O3S/c1-3-22-21(24-17-12-14-25(16-17)18-6-4-5-7-18)23-13-15-28-19-8-10-20(11-9-19)29(2,26)27/h8-11,17-18H,3-7,12-16H2,1-2H3,(H2,22,23,24). The summed E-state index contributed by atoms with van der Waals surface area (Å²) >= 11 is 0. The lowest BCUT2D eigenvalue weighted by Crippen LogP contribution is -2.45. The molecule has 1 saturated heterocycles. The first-order chi connectivity index (χ1) is 14.0. The second-order valence-electron chi connectivity index (χ2n) is 7.92. The Labute approximate surface area is 174 Å². The molecule has 1 aromatic carbocycles. The first kappa shape index (κ1) is 21.9. The van der Waals surface area contributed by atoms with Crippen molar-refractivity contribution >= 4 is 15.8 Å². The van der Waals surface area contributed by atoms with Crippen LogP contribution in [0.5, 0.6) is 5.75 Å². The minimum Gasteiger partial charge on any atom is -0.492 e. The quantitative estimate of drug-likeness (QED) is 0.379. The first-order valence-electron chi connectivity index (χ1n) is 10.7. The van der Waals surface area contributed by atoms with Crippen molar-refractivity contribution in [1.29, 1.82) is 0 Å². The third kappa shape index (κ3) is 6.60. The lowest BCUT2D eigenvalue weighted by atomic mass is 10.2. The molecule has 1 saturated carbocycles. The van der Waals surface area contributed by atoms with Crippen LogP contribution < -0.4 is 15.4 Å². The number of hydrogen-bond donors (Lipinski definition) is 2. The Morgan fingerprint density at radius 3 is 2.59 bits per heavy atom. The summed E-state index contributed by atoms with van der Waals surface area (Å²) in [5.74, 6) is 1.48. The molecule has 0 aromatic heterocycles. The van der Waals surface area contributed by atoms with E-state index < -0.39 is 9.84 Å². The predicted octanol–water partition coefficient (Wildman–Crippen LogP) is 2.04. The summed E-state index contributed by atoms with van der Waals surface area (Å²) in [6, 6.07) is 7.71. The van der Waals surface area contributed by atoms with Crippen molar-refractivity contribution in [2.45, 2.75) is 56.0 Å². The lowest BCUT2D eigenvalue weighted by molar-refractivity contribution is 0.242. The number of aliphatic imine (C=N–C) groups is 1. The fourth-order valence-corrected chi connectivity index (χ4v) is 4.75. The van der Waals surface area contributed by atoms with E-state index in [2.05, 4.69) is 27.4 Å². The molecule has 1 aliphatic heterocycles. The van der Waals surface area contributed by atoms with Crippen LogP contribution in [0.2, 0.25) is 0 Å². The Morgan fingerprint density at radius 2 is 1.93 bits per heavy atom. The summed E-state index contributed by atoms with van der Waals surface area (Å²) in [7, 11) is -3.18. The van der Waals surface area contributed by atoms with Crippen molar-refractivity contribution in [1.82, 2.24) is 15.5 Å². The number of hydrogen-bond acceptors (Lipinski definition) is 5. The molecule has 2 aliphatic rings. The Kier molecular flexibility index (Phi) is 7.77. The van der Waals surface area contributed by atoms with E-state index in [4.69, 9.17) is 4.74 Å². The third-order valence-corrected chi connectivity index (χ3v) is 6.76. The fourth-order valence-electron chi connectivity index (χ4n) is 4.12. The Balaban J connectivity index is 1.44. The average molecular weight is 423 g/mol. The summed E-state index contributed by atoms with van der Waals surface area (Å²) in [4.78, 5) is 7.56. The molecule has 0 amide bonds. The van der Waals surface area contributed by atoms with Gasteiger partial charge in [-0.3, -0.25) is 4.90 Å². The van der Waals surface area contributed by atoms with Gasteiger partial charge in [0.1, 0.15) is 12.4 Å². The van der Waals surface area contributed by atoms with E-state index in [1.54, 1.807) is 24.3 Å². The summed E-state index contributed by atoms with van der Waals surface area (Å²) in [6.07, 6.45) is 7.81. The Bertz CT molecular complexity index is 774. The van der Waals surface area contributed by atoms with E-state index in [9.17, 15) is 8.42 Å². The zero-order chi connectivity index (χ0) is 20.7. The minimum absolute atomic E-state index is 0.296. The molecule has 0 spiro atoms. The van der Waals surface area contributed by atoms with Gasteiger partial charge in [-0.2, -0.15) is 0 Å². The largest absolute Gasteiger partial charge is 0.492 e. The molecule has 0 radical (unpaired) electrons. The van der Waals surface area contributed by atoms with Crippen LogP contribution in [-0.2, 0) is 9.84 Å². The van der Waals surface area contributed by atoms with Gasteiger partial charge in [-0.25, -0.2) is 13.4 Å². The normalized spacial score (nSPS) is 21.4. The number of nitrogens with one attached hydrogen (secondary N) is 2. The fraction of sp³-hybridized carbons (Fsp3) is 0.667. The van der Waals surface area contributed by atoms with Crippen LogP contribution in [0.3, 0.4) is 0 Å². The van der Waals surface area contributed by atoms with Gasteiger partial charge in [0.2, 0.25) is 0 Å². The van der Waals surface area contributed by atoms with Crippen LogP contribution in [0.1, 0.15) is 39.0 Å². The van der Waals surface area contributed by atoms with Crippen molar-refractivity contribution in [3.8, 4) is 5.75 Å². The van der Waals surface area contributed by atoms with Gasteiger partial charge in [-0.15, -0.1) is 0 Å². The van der Waals surface area contributed by atoms with Gasteiger partial charge in [-0.05, 0) is 50.5 Å². The van der Waals surface area contributed by atoms with Gasteiger partial charge in [0, 0.05) is 38.0 Å². The maximum absolute atomic E-state index is 11.5. The number of guanidine groups is 1. The van der Waals surface area contributed by atoms with Crippen LogP contribution >= 0.6 is 0 Å². The van der Waals surface area contributed by atoms with Crippen molar-refractivity contribution in [3.63, 3.8) is 0 Å². The molecule has 0 bridgehead atoms. The van der Waals surface area contributed by atoms with Crippen LogP contribution in [0.4, 0.5) is 0 Å². The number of ether oxygens (including phenoxy) is 1. The SMILES string of the molecule is CCNC(=NCCOc1ccc(S(C)(=O)=O)cc1)NC1CCN(C2CCCC2)C1.